The van der Waals surface area contributed by atoms with Crippen molar-refractivity contribution in [1.82, 2.24) is 0 Å². The molecule has 1 aromatic carbocycles. The van der Waals surface area contributed by atoms with Crippen LogP contribution in [0.5, 0.6) is 0 Å². The van der Waals surface area contributed by atoms with E-state index in [2.05, 4.69) is 32.0 Å². The number of rotatable bonds is 1. The van der Waals surface area contributed by atoms with E-state index >= 15 is 0 Å². The van der Waals surface area contributed by atoms with Crippen molar-refractivity contribution in [2.75, 3.05) is 0 Å². The van der Waals surface area contributed by atoms with E-state index in [0.717, 1.165) is 0 Å². The molecular weight excluding hydrogens is 216 g/mol. The number of alkyl halides is 1. The van der Waals surface area contributed by atoms with Crippen molar-refractivity contribution in [2.24, 2.45) is 0 Å². The fraction of sp³-hybridized carbons (Fsp3) is 0.600. The Morgan fingerprint density at radius 3 is 2.50 bits per heavy atom. The van der Waals surface area contributed by atoms with Gasteiger partial charge < -0.3 is 0 Å². The average Bonchev–Trinajstić information content (AvgIpc) is 2.47. The summed E-state index contributed by atoms with van der Waals surface area (Å²) in [7, 11) is 0. The molecule has 0 nitrogen and oxygen atoms in total. The van der Waals surface area contributed by atoms with Crippen molar-refractivity contribution >= 4 is 11.6 Å². The van der Waals surface area contributed by atoms with Crippen molar-refractivity contribution in [2.45, 2.75) is 57.2 Å². The molecule has 0 heterocycles. The zero-order valence-corrected chi connectivity index (χ0v) is 11.1. The molecule has 1 aliphatic rings. The molecule has 2 unspecified atom stereocenters. The second-order valence-electron chi connectivity index (χ2n) is 5.10. The fourth-order valence-corrected chi connectivity index (χ4v) is 3.06. The third-order valence-corrected chi connectivity index (χ3v) is 4.41. The molecule has 2 rings (SSSR count). The monoisotopic (exact) mass is 236 g/mol. The highest BCUT2D eigenvalue weighted by atomic mass is 35.5. The molecule has 0 aliphatic heterocycles. The summed E-state index contributed by atoms with van der Waals surface area (Å²) in [5.41, 5.74) is 4.22. The van der Waals surface area contributed by atoms with Crippen molar-refractivity contribution in [3.05, 3.63) is 34.9 Å². The molecule has 16 heavy (non-hydrogen) atoms. The molecule has 88 valence electrons. The molecule has 0 spiro atoms. The molecule has 1 aromatic rings. The number of hydrogen-bond donors (Lipinski definition) is 0. The second kappa shape index (κ2) is 5.23. The molecule has 0 saturated heterocycles. The highest BCUT2D eigenvalue weighted by molar-refractivity contribution is 6.21. The van der Waals surface area contributed by atoms with Gasteiger partial charge in [0.2, 0.25) is 0 Å². The largest absolute Gasteiger partial charge is 0.122 e. The summed E-state index contributed by atoms with van der Waals surface area (Å²) in [5, 5.41) is 0.338. The van der Waals surface area contributed by atoms with E-state index < -0.39 is 0 Å². The lowest BCUT2D eigenvalue weighted by Gasteiger charge is -2.21. The Morgan fingerprint density at radius 1 is 1.00 bits per heavy atom. The van der Waals surface area contributed by atoms with E-state index in [9.17, 15) is 0 Å². The Morgan fingerprint density at radius 2 is 1.75 bits per heavy atom. The lowest BCUT2D eigenvalue weighted by atomic mass is 9.89. The van der Waals surface area contributed by atoms with Crippen LogP contribution in [0.3, 0.4) is 0 Å². The van der Waals surface area contributed by atoms with Crippen LogP contribution in [-0.4, -0.2) is 5.38 Å². The first-order valence-electron chi connectivity index (χ1n) is 6.39. The Hall–Kier alpha value is -0.490. The third kappa shape index (κ3) is 2.60. The van der Waals surface area contributed by atoms with Gasteiger partial charge in [-0.15, -0.1) is 11.6 Å². The van der Waals surface area contributed by atoms with Crippen molar-refractivity contribution in [1.29, 1.82) is 0 Å². The number of aryl methyl sites for hydroxylation is 2. The van der Waals surface area contributed by atoms with Gasteiger partial charge in [-0.3, -0.25) is 0 Å². The first-order chi connectivity index (χ1) is 7.68. The standard InChI is InChI=1S/C15H21Cl/c1-11-8-9-13(10-12(11)2)14-6-4-3-5-7-15(14)16/h8-10,14-15H,3-7H2,1-2H3. The lowest BCUT2D eigenvalue weighted by molar-refractivity contribution is 0.599. The molecule has 1 fully saturated rings. The van der Waals surface area contributed by atoms with Crippen LogP contribution in [0.25, 0.3) is 0 Å². The normalized spacial score (nSPS) is 26.4. The molecule has 0 amide bonds. The first kappa shape index (κ1) is 12.0. The summed E-state index contributed by atoms with van der Waals surface area (Å²) >= 11 is 6.51. The van der Waals surface area contributed by atoms with E-state index in [4.69, 9.17) is 11.6 Å². The molecule has 2 atom stereocenters. The summed E-state index contributed by atoms with van der Waals surface area (Å²) in [6, 6.07) is 6.84. The third-order valence-electron chi connectivity index (χ3n) is 3.89. The Labute approximate surface area is 104 Å². The van der Waals surface area contributed by atoms with Crippen molar-refractivity contribution in [3.8, 4) is 0 Å². The van der Waals surface area contributed by atoms with Gasteiger partial charge in [-0.2, -0.15) is 0 Å². The molecule has 0 N–H and O–H groups in total. The topological polar surface area (TPSA) is 0 Å². The van der Waals surface area contributed by atoms with Gasteiger partial charge in [0.1, 0.15) is 0 Å². The van der Waals surface area contributed by atoms with E-state index in [-0.39, 0.29) is 0 Å². The molecule has 1 saturated carbocycles. The molecule has 1 aliphatic carbocycles. The Bertz CT molecular complexity index is 356. The van der Waals surface area contributed by atoms with Crippen LogP contribution >= 0.6 is 11.6 Å². The Kier molecular flexibility index (Phi) is 3.91. The minimum absolute atomic E-state index is 0.338. The minimum Gasteiger partial charge on any atom is -0.122 e. The fourth-order valence-electron chi connectivity index (χ4n) is 2.63. The highest BCUT2D eigenvalue weighted by Gasteiger charge is 2.23. The van der Waals surface area contributed by atoms with Gasteiger partial charge in [0, 0.05) is 11.3 Å². The molecule has 1 heteroatoms. The maximum absolute atomic E-state index is 6.51. The van der Waals surface area contributed by atoms with Crippen LogP contribution in [-0.2, 0) is 0 Å². The van der Waals surface area contributed by atoms with Crippen LogP contribution in [0.2, 0.25) is 0 Å². The quantitative estimate of drug-likeness (QED) is 0.478. The predicted octanol–water partition coefficient (Wildman–Crippen LogP) is 4.96. The molecule has 0 aromatic heterocycles. The van der Waals surface area contributed by atoms with E-state index in [1.807, 2.05) is 0 Å². The predicted molar refractivity (Wildman–Crippen MR) is 71.4 cm³/mol. The van der Waals surface area contributed by atoms with E-state index in [1.54, 1.807) is 0 Å². The summed E-state index contributed by atoms with van der Waals surface area (Å²) < 4.78 is 0. The van der Waals surface area contributed by atoms with Gasteiger partial charge in [-0.25, -0.2) is 0 Å². The summed E-state index contributed by atoms with van der Waals surface area (Å²) in [6.07, 6.45) is 6.43. The molecular formula is C15H21Cl. The summed E-state index contributed by atoms with van der Waals surface area (Å²) in [5.74, 6) is 0.573. The average molecular weight is 237 g/mol. The van der Waals surface area contributed by atoms with Crippen molar-refractivity contribution < 1.29 is 0 Å². The zero-order valence-electron chi connectivity index (χ0n) is 10.3. The SMILES string of the molecule is Cc1ccc(C2CCCCCC2Cl)cc1C. The van der Waals surface area contributed by atoms with Crippen LogP contribution in [0.1, 0.15) is 54.7 Å². The number of benzene rings is 1. The van der Waals surface area contributed by atoms with Gasteiger partial charge >= 0.3 is 0 Å². The van der Waals surface area contributed by atoms with Crippen LogP contribution in [0, 0.1) is 13.8 Å². The van der Waals surface area contributed by atoms with Gasteiger partial charge in [0.25, 0.3) is 0 Å². The molecule has 0 bridgehead atoms. The maximum Gasteiger partial charge on any atom is 0.0404 e. The van der Waals surface area contributed by atoms with Crippen molar-refractivity contribution in [3.63, 3.8) is 0 Å². The van der Waals surface area contributed by atoms with Crippen LogP contribution in [0.15, 0.2) is 18.2 Å². The number of hydrogen-bond acceptors (Lipinski definition) is 0. The zero-order chi connectivity index (χ0) is 11.5. The van der Waals surface area contributed by atoms with Gasteiger partial charge in [-0.1, -0.05) is 37.5 Å². The second-order valence-corrected chi connectivity index (χ2v) is 5.66. The smallest absolute Gasteiger partial charge is 0.0404 e. The lowest BCUT2D eigenvalue weighted by Crippen LogP contribution is -2.11. The first-order valence-corrected chi connectivity index (χ1v) is 6.83. The number of halogens is 1. The Balaban J connectivity index is 2.23. The summed E-state index contributed by atoms with van der Waals surface area (Å²) in [6.45, 7) is 4.36. The maximum atomic E-state index is 6.51. The van der Waals surface area contributed by atoms with E-state index in [0.29, 0.717) is 11.3 Å². The van der Waals surface area contributed by atoms with Crippen LogP contribution < -0.4 is 0 Å². The van der Waals surface area contributed by atoms with Gasteiger partial charge in [0.05, 0.1) is 0 Å². The van der Waals surface area contributed by atoms with Gasteiger partial charge in [-0.05, 0) is 43.4 Å². The molecule has 0 radical (unpaired) electrons. The van der Waals surface area contributed by atoms with Crippen LogP contribution in [0.4, 0.5) is 0 Å². The summed E-state index contributed by atoms with van der Waals surface area (Å²) in [4.78, 5) is 0. The van der Waals surface area contributed by atoms with Gasteiger partial charge in [0.15, 0.2) is 0 Å². The highest BCUT2D eigenvalue weighted by Crippen LogP contribution is 2.35. The minimum atomic E-state index is 0.338. The van der Waals surface area contributed by atoms with E-state index in [1.165, 1.54) is 48.8 Å².